The van der Waals surface area contributed by atoms with Crippen molar-refractivity contribution >= 4 is 12.3 Å². The van der Waals surface area contributed by atoms with Crippen LogP contribution >= 0.6 is 0 Å². The Hall–Kier alpha value is -2.76. The predicted molar refractivity (Wildman–Crippen MR) is 87.0 cm³/mol. The van der Waals surface area contributed by atoms with Gasteiger partial charge in [0.15, 0.2) is 11.6 Å². The van der Waals surface area contributed by atoms with Crippen LogP contribution in [0.25, 0.3) is 11.1 Å². The molecule has 6 heteroatoms. The number of benzene rings is 2. The molecule has 0 fully saturated rings. The van der Waals surface area contributed by atoms with Crippen molar-refractivity contribution in [3.8, 4) is 11.1 Å². The quantitative estimate of drug-likeness (QED) is 0.798. The second-order valence-electron chi connectivity index (χ2n) is 5.64. The molecule has 2 rings (SSSR count). The average molecular weight is 332 g/mol. The maximum atomic E-state index is 14.2. The van der Waals surface area contributed by atoms with Crippen molar-refractivity contribution in [2.24, 2.45) is 5.73 Å². The van der Waals surface area contributed by atoms with Gasteiger partial charge < -0.3 is 11.1 Å². The molecule has 1 atom stereocenters. The lowest BCUT2D eigenvalue weighted by molar-refractivity contribution is -0.118. The zero-order valence-corrected chi connectivity index (χ0v) is 13.4. The second kappa shape index (κ2) is 7.21. The molecule has 0 aromatic heterocycles. The number of amides is 2. The number of nitrogens with one attached hydrogen (secondary N) is 1. The minimum atomic E-state index is -1.11. The van der Waals surface area contributed by atoms with Crippen molar-refractivity contribution < 1.29 is 18.4 Å². The Morgan fingerprint density at radius 3 is 2.42 bits per heavy atom. The Labute approximate surface area is 138 Å². The third-order valence-corrected chi connectivity index (χ3v) is 3.88. The fraction of sp³-hybridized carbons (Fsp3) is 0.222. The molecule has 0 spiro atoms. The van der Waals surface area contributed by atoms with Gasteiger partial charge in [0.1, 0.15) is 0 Å². The van der Waals surface area contributed by atoms with E-state index in [4.69, 9.17) is 5.73 Å². The maximum Gasteiger partial charge on any atom is 0.219 e. The van der Waals surface area contributed by atoms with E-state index in [1.165, 1.54) is 6.07 Å². The van der Waals surface area contributed by atoms with E-state index in [-0.39, 0.29) is 12.0 Å². The van der Waals surface area contributed by atoms with Crippen LogP contribution in [0.4, 0.5) is 8.78 Å². The summed E-state index contributed by atoms with van der Waals surface area (Å²) in [7, 11) is 0. The van der Waals surface area contributed by atoms with Crippen molar-refractivity contribution in [3.05, 3.63) is 58.7 Å². The van der Waals surface area contributed by atoms with E-state index in [9.17, 15) is 18.4 Å². The summed E-state index contributed by atoms with van der Waals surface area (Å²) in [6, 6.07) is 7.13. The molecule has 2 aromatic carbocycles. The van der Waals surface area contributed by atoms with Crippen LogP contribution in [0.1, 0.15) is 29.2 Å². The molecule has 0 unspecified atom stereocenters. The van der Waals surface area contributed by atoms with Crippen molar-refractivity contribution in [2.75, 3.05) is 0 Å². The first-order chi connectivity index (χ1) is 11.3. The van der Waals surface area contributed by atoms with Crippen LogP contribution in [0.2, 0.25) is 0 Å². The SMILES string of the molecule is Cc1cccc(C)c1-c1cc(F)c(F)c([C@H](CC(N)=O)NC=O)c1. The number of carbonyl (C=O) groups is 2. The van der Waals surface area contributed by atoms with E-state index in [0.29, 0.717) is 12.0 Å². The van der Waals surface area contributed by atoms with Crippen molar-refractivity contribution in [2.45, 2.75) is 26.3 Å². The zero-order chi connectivity index (χ0) is 17.9. The van der Waals surface area contributed by atoms with Gasteiger partial charge in [0.25, 0.3) is 0 Å². The van der Waals surface area contributed by atoms with Gasteiger partial charge in [-0.1, -0.05) is 18.2 Å². The summed E-state index contributed by atoms with van der Waals surface area (Å²) < 4.78 is 28.4. The molecule has 0 aliphatic carbocycles. The smallest absolute Gasteiger partial charge is 0.219 e. The van der Waals surface area contributed by atoms with Crippen LogP contribution in [-0.4, -0.2) is 12.3 Å². The fourth-order valence-electron chi connectivity index (χ4n) is 2.82. The number of primary amides is 1. The van der Waals surface area contributed by atoms with Crippen LogP contribution < -0.4 is 11.1 Å². The minimum Gasteiger partial charge on any atom is -0.370 e. The Bertz CT molecular complexity index is 771. The van der Waals surface area contributed by atoms with E-state index in [1.54, 1.807) is 0 Å². The lowest BCUT2D eigenvalue weighted by Crippen LogP contribution is -2.26. The fourth-order valence-corrected chi connectivity index (χ4v) is 2.82. The van der Waals surface area contributed by atoms with Crippen molar-refractivity contribution in [3.63, 3.8) is 0 Å². The van der Waals surface area contributed by atoms with Gasteiger partial charge in [-0.3, -0.25) is 9.59 Å². The number of hydrogen-bond acceptors (Lipinski definition) is 2. The van der Waals surface area contributed by atoms with Crippen LogP contribution in [0, 0.1) is 25.5 Å². The standard InChI is InChI=1S/C18H18F2N2O2/c1-10-4-3-5-11(2)17(10)12-6-13(18(20)14(19)7-12)15(22-9-23)8-16(21)24/h3-7,9,15H,8H2,1-2H3,(H2,21,24)(H,22,23)/t15-/m0/s1. The molecule has 126 valence electrons. The van der Waals surface area contributed by atoms with E-state index in [1.807, 2.05) is 32.0 Å². The first-order valence-corrected chi connectivity index (χ1v) is 7.38. The number of aryl methyl sites for hydroxylation is 2. The minimum absolute atomic E-state index is 0.112. The van der Waals surface area contributed by atoms with Gasteiger partial charge in [-0.05, 0) is 48.2 Å². The van der Waals surface area contributed by atoms with Crippen LogP contribution in [0.3, 0.4) is 0 Å². The molecule has 0 saturated heterocycles. The number of halogens is 2. The first-order valence-electron chi connectivity index (χ1n) is 7.38. The molecule has 0 bridgehead atoms. The van der Waals surface area contributed by atoms with Crippen LogP contribution in [-0.2, 0) is 9.59 Å². The largest absolute Gasteiger partial charge is 0.370 e. The second-order valence-corrected chi connectivity index (χ2v) is 5.64. The summed E-state index contributed by atoms with van der Waals surface area (Å²) in [6.07, 6.45) is 0.00193. The lowest BCUT2D eigenvalue weighted by Gasteiger charge is -2.18. The summed E-state index contributed by atoms with van der Waals surface area (Å²) in [5, 5.41) is 2.32. The molecule has 0 heterocycles. The van der Waals surface area contributed by atoms with E-state index >= 15 is 0 Å². The number of rotatable bonds is 6. The van der Waals surface area contributed by atoms with Gasteiger partial charge in [0, 0.05) is 5.56 Å². The summed E-state index contributed by atoms with van der Waals surface area (Å²) >= 11 is 0. The molecule has 2 aromatic rings. The van der Waals surface area contributed by atoms with Crippen LogP contribution in [0.15, 0.2) is 30.3 Å². The molecule has 0 aliphatic heterocycles. The normalized spacial score (nSPS) is 11.8. The summed E-state index contributed by atoms with van der Waals surface area (Å²) in [5.41, 5.74) is 8.08. The highest BCUT2D eigenvalue weighted by Crippen LogP contribution is 2.32. The molecular weight excluding hydrogens is 314 g/mol. The highest BCUT2D eigenvalue weighted by molar-refractivity contribution is 5.76. The van der Waals surface area contributed by atoms with E-state index < -0.39 is 23.6 Å². The van der Waals surface area contributed by atoms with Crippen LogP contribution in [0.5, 0.6) is 0 Å². The number of hydrogen-bond donors (Lipinski definition) is 2. The molecule has 0 aliphatic rings. The molecule has 2 amide bonds. The third kappa shape index (κ3) is 3.59. The van der Waals surface area contributed by atoms with Crippen molar-refractivity contribution in [1.29, 1.82) is 0 Å². The Balaban J connectivity index is 2.63. The number of carbonyl (C=O) groups excluding carboxylic acids is 2. The van der Waals surface area contributed by atoms with E-state index in [0.717, 1.165) is 22.8 Å². The van der Waals surface area contributed by atoms with Crippen molar-refractivity contribution in [1.82, 2.24) is 5.32 Å². The predicted octanol–water partition coefficient (Wildman–Crippen LogP) is 2.91. The Kier molecular flexibility index (Phi) is 5.28. The maximum absolute atomic E-state index is 14.2. The molecule has 24 heavy (non-hydrogen) atoms. The molecule has 0 saturated carbocycles. The van der Waals surface area contributed by atoms with Gasteiger partial charge in [-0.25, -0.2) is 8.78 Å². The van der Waals surface area contributed by atoms with Gasteiger partial charge >= 0.3 is 0 Å². The van der Waals surface area contributed by atoms with Gasteiger partial charge in [0.05, 0.1) is 12.5 Å². The summed E-state index contributed by atoms with van der Waals surface area (Å²) in [6.45, 7) is 3.74. The average Bonchev–Trinajstić information content (AvgIpc) is 2.49. The molecule has 0 radical (unpaired) electrons. The Morgan fingerprint density at radius 2 is 1.88 bits per heavy atom. The highest BCUT2D eigenvalue weighted by atomic mass is 19.2. The topological polar surface area (TPSA) is 72.2 Å². The third-order valence-electron chi connectivity index (χ3n) is 3.88. The number of nitrogens with two attached hydrogens (primary N) is 1. The lowest BCUT2D eigenvalue weighted by atomic mass is 9.92. The summed E-state index contributed by atoms with van der Waals surface area (Å²) in [5.74, 6) is -2.88. The Morgan fingerprint density at radius 1 is 1.25 bits per heavy atom. The summed E-state index contributed by atoms with van der Waals surface area (Å²) in [4.78, 5) is 21.9. The van der Waals surface area contributed by atoms with Gasteiger partial charge in [0.2, 0.25) is 12.3 Å². The van der Waals surface area contributed by atoms with E-state index in [2.05, 4.69) is 5.32 Å². The zero-order valence-electron chi connectivity index (χ0n) is 13.4. The highest BCUT2D eigenvalue weighted by Gasteiger charge is 2.22. The van der Waals surface area contributed by atoms with Gasteiger partial charge in [-0.2, -0.15) is 0 Å². The first kappa shape index (κ1) is 17.6. The molecule has 4 nitrogen and oxygen atoms in total. The molecular formula is C18H18F2N2O2. The van der Waals surface area contributed by atoms with Gasteiger partial charge in [-0.15, -0.1) is 0 Å². The monoisotopic (exact) mass is 332 g/mol. The molecule has 3 N–H and O–H groups in total.